The molecule has 0 spiro atoms. The summed E-state index contributed by atoms with van der Waals surface area (Å²) in [5.74, 6) is -0.180. The molecule has 1 nitrogen and oxygen atoms in total. The van der Waals surface area contributed by atoms with E-state index in [0.717, 1.165) is 24.2 Å². The van der Waals surface area contributed by atoms with Crippen molar-refractivity contribution >= 4 is 21.6 Å². The van der Waals surface area contributed by atoms with E-state index in [-0.39, 0.29) is 11.2 Å². The summed E-state index contributed by atoms with van der Waals surface area (Å²) >= 11 is 3.20. The van der Waals surface area contributed by atoms with Gasteiger partial charge in [0.05, 0.1) is 4.47 Å². The molecule has 1 aliphatic heterocycles. The normalized spacial score (nSPS) is 18.6. The van der Waals surface area contributed by atoms with Crippen LogP contribution in [0, 0.1) is 5.82 Å². The summed E-state index contributed by atoms with van der Waals surface area (Å²) < 4.78 is 13.9. The number of hydrogen-bond acceptors (Lipinski definition) is 1. The third kappa shape index (κ3) is 1.54. The number of anilines is 1. The zero-order valence-corrected chi connectivity index (χ0v) is 9.91. The summed E-state index contributed by atoms with van der Waals surface area (Å²) in [5.41, 5.74) is 2.20. The van der Waals surface area contributed by atoms with Crippen molar-refractivity contribution < 1.29 is 4.39 Å². The molecule has 1 aromatic carbocycles. The Morgan fingerprint density at radius 3 is 2.86 bits per heavy atom. The maximum atomic E-state index is 13.4. The van der Waals surface area contributed by atoms with E-state index in [1.165, 1.54) is 0 Å². The van der Waals surface area contributed by atoms with Gasteiger partial charge in [-0.15, -0.1) is 0 Å². The van der Waals surface area contributed by atoms with E-state index in [9.17, 15) is 4.39 Å². The van der Waals surface area contributed by atoms with Gasteiger partial charge in [-0.25, -0.2) is 4.39 Å². The minimum absolute atomic E-state index is 0.0716. The summed E-state index contributed by atoms with van der Waals surface area (Å²) in [7, 11) is 0. The lowest BCUT2D eigenvalue weighted by atomic mass is 9.78. The van der Waals surface area contributed by atoms with Gasteiger partial charge in [0, 0.05) is 12.2 Å². The largest absolute Gasteiger partial charge is 0.385 e. The zero-order valence-electron chi connectivity index (χ0n) is 8.32. The lowest BCUT2D eigenvalue weighted by Crippen LogP contribution is -2.28. The van der Waals surface area contributed by atoms with Crippen LogP contribution in [0.4, 0.5) is 10.1 Å². The maximum Gasteiger partial charge on any atom is 0.137 e. The van der Waals surface area contributed by atoms with Gasteiger partial charge in [-0.1, -0.05) is 13.8 Å². The van der Waals surface area contributed by atoms with Crippen LogP contribution in [0.15, 0.2) is 16.6 Å². The number of hydrogen-bond donors (Lipinski definition) is 1. The van der Waals surface area contributed by atoms with E-state index in [0.29, 0.717) is 4.47 Å². The highest BCUT2D eigenvalue weighted by Crippen LogP contribution is 2.38. The lowest BCUT2D eigenvalue weighted by molar-refractivity contribution is 0.476. The van der Waals surface area contributed by atoms with Crippen LogP contribution in [0.2, 0.25) is 0 Å². The maximum absolute atomic E-state index is 13.4. The monoisotopic (exact) mass is 257 g/mol. The quantitative estimate of drug-likeness (QED) is 0.748. The molecule has 0 fully saturated rings. The summed E-state index contributed by atoms with van der Waals surface area (Å²) in [5, 5.41) is 3.29. The molecule has 0 saturated heterocycles. The van der Waals surface area contributed by atoms with Gasteiger partial charge in [-0.05, 0) is 45.5 Å². The molecule has 0 amide bonds. The molecule has 14 heavy (non-hydrogen) atoms. The van der Waals surface area contributed by atoms with Crippen molar-refractivity contribution in [3.05, 3.63) is 28.0 Å². The fourth-order valence-electron chi connectivity index (χ4n) is 1.90. The molecule has 0 radical (unpaired) electrons. The molecule has 0 bridgehead atoms. The predicted octanol–water partition coefficient (Wildman–Crippen LogP) is 3.68. The van der Waals surface area contributed by atoms with Crippen LogP contribution in [-0.4, -0.2) is 6.54 Å². The van der Waals surface area contributed by atoms with E-state index in [1.807, 2.05) is 6.07 Å². The standard InChI is InChI=1S/C11H13BrFN/c1-11(2)3-4-14-10-6-8(12)9(13)5-7(10)11/h5-6,14H,3-4H2,1-2H3. The molecule has 1 aromatic rings. The molecule has 0 atom stereocenters. The number of halogens is 2. The zero-order chi connectivity index (χ0) is 10.3. The minimum Gasteiger partial charge on any atom is -0.385 e. The number of nitrogens with one attached hydrogen (secondary N) is 1. The van der Waals surface area contributed by atoms with Crippen molar-refractivity contribution in [2.45, 2.75) is 25.7 Å². The van der Waals surface area contributed by atoms with Gasteiger partial charge in [0.25, 0.3) is 0 Å². The van der Waals surface area contributed by atoms with Crippen molar-refractivity contribution in [2.24, 2.45) is 0 Å². The Morgan fingerprint density at radius 2 is 2.14 bits per heavy atom. The fraction of sp³-hybridized carbons (Fsp3) is 0.455. The topological polar surface area (TPSA) is 12.0 Å². The van der Waals surface area contributed by atoms with Crippen molar-refractivity contribution in [1.82, 2.24) is 0 Å². The van der Waals surface area contributed by atoms with Crippen LogP contribution in [0.5, 0.6) is 0 Å². The van der Waals surface area contributed by atoms with Crippen LogP contribution < -0.4 is 5.32 Å². The minimum atomic E-state index is -0.180. The van der Waals surface area contributed by atoms with Crippen molar-refractivity contribution in [2.75, 3.05) is 11.9 Å². The highest BCUT2D eigenvalue weighted by Gasteiger charge is 2.28. The van der Waals surface area contributed by atoms with Gasteiger partial charge < -0.3 is 5.32 Å². The Balaban J connectivity index is 2.59. The van der Waals surface area contributed by atoms with Gasteiger partial charge in [0.1, 0.15) is 5.82 Å². The second-order valence-electron chi connectivity index (χ2n) is 4.37. The molecule has 1 aliphatic rings. The summed E-state index contributed by atoms with van der Waals surface area (Å²) in [6.45, 7) is 5.26. The summed E-state index contributed by atoms with van der Waals surface area (Å²) in [6.07, 6.45) is 1.04. The van der Waals surface area contributed by atoms with Gasteiger partial charge >= 0.3 is 0 Å². The number of benzene rings is 1. The van der Waals surface area contributed by atoms with Crippen molar-refractivity contribution in [3.63, 3.8) is 0 Å². The molecular weight excluding hydrogens is 245 g/mol. The second-order valence-corrected chi connectivity index (χ2v) is 5.23. The number of rotatable bonds is 0. The van der Waals surface area contributed by atoms with Crippen molar-refractivity contribution in [3.8, 4) is 0 Å². The van der Waals surface area contributed by atoms with E-state index in [2.05, 4.69) is 35.1 Å². The molecule has 1 heterocycles. The summed E-state index contributed by atoms with van der Waals surface area (Å²) in [4.78, 5) is 0. The molecule has 0 aromatic heterocycles. The third-order valence-electron chi connectivity index (χ3n) is 2.86. The Labute approximate surface area is 91.8 Å². The molecule has 0 unspecified atom stereocenters. The number of fused-ring (bicyclic) bond motifs is 1. The Kier molecular flexibility index (Phi) is 2.30. The van der Waals surface area contributed by atoms with Crippen molar-refractivity contribution in [1.29, 1.82) is 0 Å². The third-order valence-corrected chi connectivity index (χ3v) is 3.46. The van der Waals surface area contributed by atoms with Crippen LogP contribution in [0.1, 0.15) is 25.8 Å². The molecule has 0 saturated carbocycles. The first-order valence-electron chi connectivity index (χ1n) is 4.74. The molecule has 76 valence electrons. The first kappa shape index (κ1) is 9.97. The molecule has 2 rings (SSSR count). The smallest absolute Gasteiger partial charge is 0.137 e. The molecular formula is C11H13BrFN. The highest BCUT2D eigenvalue weighted by atomic mass is 79.9. The Hall–Kier alpha value is -0.570. The van der Waals surface area contributed by atoms with Crippen LogP contribution in [0.3, 0.4) is 0 Å². The average Bonchev–Trinajstić information content (AvgIpc) is 2.08. The van der Waals surface area contributed by atoms with Crippen LogP contribution >= 0.6 is 15.9 Å². The first-order chi connectivity index (χ1) is 6.50. The Morgan fingerprint density at radius 1 is 1.43 bits per heavy atom. The van der Waals surface area contributed by atoms with E-state index < -0.39 is 0 Å². The molecule has 0 aliphatic carbocycles. The summed E-state index contributed by atoms with van der Waals surface area (Å²) in [6, 6.07) is 3.46. The SMILES string of the molecule is CC1(C)CCNc2cc(Br)c(F)cc21. The molecule has 3 heteroatoms. The van der Waals surface area contributed by atoms with Gasteiger partial charge in [0.15, 0.2) is 0 Å². The highest BCUT2D eigenvalue weighted by molar-refractivity contribution is 9.10. The van der Waals surface area contributed by atoms with Gasteiger partial charge in [-0.2, -0.15) is 0 Å². The van der Waals surface area contributed by atoms with Crippen LogP contribution in [0.25, 0.3) is 0 Å². The lowest BCUT2D eigenvalue weighted by Gasteiger charge is -2.33. The first-order valence-corrected chi connectivity index (χ1v) is 5.53. The van der Waals surface area contributed by atoms with Crippen LogP contribution in [-0.2, 0) is 5.41 Å². The fourth-order valence-corrected chi connectivity index (χ4v) is 2.24. The Bertz CT molecular complexity index is 374. The van der Waals surface area contributed by atoms with E-state index in [1.54, 1.807) is 6.07 Å². The second kappa shape index (κ2) is 3.23. The van der Waals surface area contributed by atoms with E-state index in [4.69, 9.17) is 0 Å². The average molecular weight is 258 g/mol. The molecule has 1 N–H and O–H groups in total. The predicted molar refractivity (Wildman–Crippen MR) is 60.2 cm³/mol. The van der Waals surface area contributed by atoms with Gasteiger partial charge in [-0.3, -0.25) is 0 Å². The van der Waals surface area contributed by atoms with Gasteiger partial charge in [0.2, 0.25) is 0 Å². The van der Waals surface area contributed by atoms with E-state index >= 15 is 0 Å².